The molecule has 21 heavy (non-hydrogen) atoms. The van der Waals surface area contributed by atoms with Crippen molar-refractivity contribution in [1.82, 2.24) is 15.6 Å². The van der Waals surface area contributed by atoms with Crippen LogP contribution in [0.3, 0.4) is 0 Å². The fraction of sp³-hybridized carbons (Fsp3) is 0.571. The van der Waals surface area contributed by atoms with Crippen molar-refractivity contribution in [3.05, 3.63) is 23.9 Å². The van der Waals surface area contributed by atoms with Crippen molar-refractivity contribution in [3.8, 4) is 0 Å². The van der Waals surface area contributed by atoms with Gasteiger partial charge < -0.3 is 16.0 Å². The summed E-state index contributed by atoms with van der Waals surface area (Å²) in [5.41, 5.74) is 1.15. The molecule has 3 N–H and O–H groups in total. The zero-order valence-corrected chi connectivity index (χ0v) is 13.9. The van der Waals surface area contributed by atoms with E-state index in [1.165, 1.54) is 0 Å². The fourth-order valence-corrected chi connectivity index (χ4v) is 2.12. The van der Waals surface area contributed by atoms with Gasteiger partial charge in [-0.3, -0.25) is 4.79 Å². The minimum atomic E-state index is 0. The van der Waals surface area contributed by atoms with Crippen LogP contribution in [0.4, 0.5) is 5.82 Å². The van der Waals surface area contributed by atoms with E-state index in [4.69, 9.17) is 0 Å². The van der Waals surface area contributed by atoms with Crippen molar-refractivity contribution in [2.24, 2.45) is 0 Å². The molecule has 1 atom stereocenters. The molecule has 0 bridgehead atoms. The Morgan fingerprint density at radius 1 is 1.38 bits per heavy atom. The van der Waals surface area contributed by atoms with Gasteiger partial charge >= 0.3 is 0 Å². The van der Waals surface area contributed by atoms with Gasteiger partial charge in [0.1, 0.15) is 5.82 Å². The van der Waals surface area contributed by atoms with Crippen LogP contribution >= 0.6 is 24.8 Å². The number of anilines is 1. The van der Waals surface area contributed by atoms with Crippen LogP contribution in [0.15, 0.2) is 18.3 Å². The molecule has 1 aromatic heterocycles. The van der Waals surface area contributed by atoms with Gasteiger partial charge in [-0.25, -0.2) is 4.98 Å². The smallest absolute Gasteiger partial charge is 0.237 e. The molecule has 0 radical (unpaired) electrons. The highest BCUT2D eigenvalue weighted by Gasteiger charge is 2.20. The average Bonchev–Trinajstić information content (AvgIpc) is 2.94. The van der Waals surface area contributed by atoms with E-state index in [-0.39, 0.29) is 36.8 Å². The van der Waals surface area contributed by atoms with Crippen LogP contribution < -0.4 is 16.0 Å². The van der Waals surface area contributed by atoms with Crippen LogP contribution in [0.25, 0.3) is 0 Å². The number of rotatable bonds is 6. The van der Waals surface area contributed by atoms with Gasteiger partial charge in [0.15, 0.2) is 0 Å². The number of aryl methyl sites for hydroxylation is 1. The number of nitrogens with one attached hydrogen (secondary N) is 3. The van der Waals surface area contributed by atoms with Crippen molar-refractivity contribution in [2.45, 2.75) is 32.2 Å². The Hall–Kier alpha value is -1.04. The number of aromatic nitrogens is 1. The molecule has 1 saturated heterocycles. The maximum Gasteiger partial charge on any atom is 0.237 e. The van der Waals surface area contributed by atoms with Crippen LogP contribution in [-0.2, 0) is 4.79 Å². The van der Waals surface area contributed by atoms with Crippen LogP contribution in [-0.4, -0.2) is 36.6 Å². The molecule has 120 valence electrons. The van der Waals surface area contributed by atoms with Crippen LogP contribution in [0, 0.1) is 6.92 Å². The second-order valence-electron chi connectivity index (χ2n) is 4.94. The second kappa shape index (κ2) is 10.7. The number of halogens is 2. The second-order valence-corrected chi connectivity index (χ2v) is 4.94. The number of carbonyl (C=O) groups excluding carboxylic acids is 1. The van der Waals surface area contributed by atoms with Gasteiger partial charge in [-0.1, -0.05) is 6.07 Å². The van der Waals surface area contributed by atoms with Crippen molar-refractivity contribution in [3.63, 3.8) is 0 Å². The van der Waals surface area contributed by atoms with E-state index < -0.39 is 0 Å². The number of amides is 1. The Morgan fingerprint density at radius 3 is 2.81 bits per heavy atom. The SMILES string of the molecule is Cc1ccc(NCCCNC(=O)[C@@H]2CCCN2)nc1.Cl.Cl. The summed E-state index contributed by atoms with van der Waals surface area (Å²) >= 11 is 0. The summed E-state index contributed by atoms with van der Waals surface area (Å²) in [7, 11) is 0. The molecule has 0 saturated carbocycles. The lowest BCUT2D eigenvalue weighted by Gasteiger charge is -2.11. The molecule has 1 aromatic rings. The standard InChI is InChI=1S/C14H22N4O.2ClH/c1-11-5-6-13(18-10-11)16-8-3-9-17-14(19)12-4-2-7-15-12;;/h5-6,10,12,15H,2-4,7-9H2,1H3,(H,16,18)(H,17,19);2*1H/t12-;;/m0../s1. The summed E-state index contributed by atoms with van der Waals surface area (Å²) in [6.07, 6.45) is 4.79. The molecular weight excluding hydrogens is 311 g/mol. The number of nitrogens with zero attached hydrogens (tertiary/aromatic N) is 1. The Morgan fingerprint density at radius 2 is 2.19 bits per heavy atom. The summed E-state index contributed by atoms with van der Waals surface area (Å²) in [6.45, 7) is 4.49. The van der Waals surface area contributed by atoms with Gasteiger partial charge in [-0.15, -0.1) is 24.8 Å². The third-order valence-corrected chi connectivity index (χ3v) is 3.25. The normalized spacial score (nSPS) is 16.5. The van der Waals surface area contributed by atoms with E-state index in [1.807, 2.05) is 25.3 Å². The first-order valence-corrected chi connectivity index (χ1v) is 6.93. The number of pyridine rings is 1. The molecule has 5 nitrogen and oxygen atoms in total. The fourth-order valence-electron chi connectivity index (χ4n) is 2.12. The summed E-state index contributed by atoms with van der Waals surface area (Å²) in [4.78, 5) is 16.0. The summed E-state index contributed by atoms with van der Waals surface area (Å²) in [5.74, 6) is 1.01. The summed E-state index contributed by atoms with van der Waals surface area (Å²) < 4.78 is 0. The van der Waals surface area contributed by atoms with E-state index in [9.17, 15) is 4.79 Å². The predicted molar refractivity (Wildman–Crippen MR) is 90.6 cm³/mol. The Balaban J connectivity index is 0.00000200. The highest BCUT2D eigenvalue weighted by molar-refractivity contribution is 5.85. The Bertz CT molecular complexity index is 408. The van der Waals surface area contributed by atoms with E-state index in [1.54, 1.807) is 0 Å². The van der Waals surface area contributed by atoms with Gasteiger partial charge in [-0.05, 0) is 44.4 Å². The molecule has 1 fully saturated rings. The van der Waals surface area contributed by atoms with Crippen LogP contribution in [0.2, 0.25) is 0 Å². The number of hydrogen-bond acceptors (Lipinski definition) is 4. The Labute approximate surface area is 138 Å². The van der Waals surface area contributed by atoms with Gasteiger partial charge in [0, 0.05) is 19.3 Å². The monoisotopic (exact) mass is 334 g/mol. The maximum absolute atomic E-state index is 11.7. The molecule has 0 aliphatic carbocycles. The quantitative estimate of drug-likeness (QED) is 0.695. The van der Waals surface area contributed by atoms with Gasteiger partial charge in [0.25, 0.3) is 0 Å². The lowest BCUT2D eigenvalue weighted by Crippen LogP contribution is -2.41. The topological polar surface area (TPSA) is 66.0 Å². The first-order chi connectivity index (χ1) is 9.25. The largest absolute Gasteiger partial charge is 0.370 e. The van der Waals surface area contributed by atoms with Gasteiger partial charge in [0.05, 0.1) is 6.04 Å². The minimum Gasteiger partial charge on any atom is -0.370 e. The summed E-state index contributed by atoms with van der Waals surface area (Å²) in [6, 6.07) is 4.02. The molecule has 0 aromatic carbocycles. The molecule has 1 amide bonds. The molecule has 2 rings (SSSR count). The molecule has 1 aliphatic heterocycles. The molecule has 1 aliphatic rings. The lowest BCUT2D eigenvalue weighted by molar-refractivity contribution is -0.122. The third kappa shape index (κ3) is 6.98. The van der Waals surface area contributed by atoms with Crippen molar-refractivity contribution in [1.29, 1.82) is 0 Å². The van der Waals surface area contributed by atoms with Gasteiger partial charge in [-0.2, -0.15) is 0 Å². The average molecular weight is 335 g/mol. The molecule has 7 heteroatoms. The van der Waals surface area contributed by atoms with Crippen LogP contribution in [0.5, 0.6) is 0 Å². The maximum atomic E-state index is 11.7. The first-order valence-electron chi connectivity index (χ1n) is 6.93. The highest BCUT2D eigenvalue weighted by Crippen LogP contribution is 2.05. The summed E-state index contributed by atoms with van der Waals surface area (Å²) in [5, 5.41) is 9.39. The molecular formula is C14H24Cl2N4O. The van der Waals surface area contributed by atoms with E-state index in [2.05, 4.69) is 20.9 Å². The van der Waals surface area contributed by atoms with Gasteiger partial charge in [0.2, 0.25) is 5.91 Å². The Kier molecular flexibility index (Phi) is 10.1. The molecule has 0 unspecified atom stereocenters. The van der Waals surface area contributed by atoms with Crippen molar-refractivity contribution >= 4 is 36.5 Å². The lowest BCUT2D eigenvalue weighted by atomic mass is 10.2. The van der Waals surface area contributed by atoms with Crippen molar-refractivity contribution < 1.29 is 4.79 Å². The zero-order chi connectivity index (χ0) is 13.5. The highest BCUT2D eigenvalue weighted by atomic mass is 35.5. The molecule has 2 heterocycles. The third-order valence-electron chi connectivity index (χ3n) is 3.25. The molecule has 0 spiro atoms. The minimum absolute atomic E-state index is 0. The van der Waals surface area contributed by atoms with E-state index in [0.717, 1.165) is 43.7 Å². The van der Waals surface area contributed by atoms with Crippen molar-refractivity contribution in [2.75, 3.05) is 25.0 Å². The number of hydrogen-bond donors (Lipinski definition) is 3. The van der Waals surface area contributed by atoms with E-state index in [0.29, 0.717) is 6.54 Å². The number of carbonyl (C=O) groups is 1. The predicted octanol–water partition coefficient (Wildman–Crippen LogP) is 1.90. The van der Waals surface area contributed by atoms with Crippen LogP contribution in [0.1, 0.15) is 24.8 Å². The van der Waals surface area contributed by atoms with E-state index >= 15 is 0 Å². The first kappa shape index (κ1) is 20.0. The zero-order valence-electron chi connectivity index (χ0n) is 12.2.